The van der Waals surface area contributed by atoms with Gasteiger partial charge in [-0.2, -0.15) is 0 Å². The Morgan fingerprint density at radius 2 is 1.58 bits per heavy atom. The Morgan fingerprint density at radius 3 is 2.13 bits per heavy atom. The molecule has 1 unspecified atom stereocenters. The number of likely N-dealkylation sites (tertiary alicyclic amines) is 1. The second-order valence-corrected chi connectivity index (χ2v) is 12.7. The first kappa shape index (κ1) is 37.4. The number of ether oxygens (including phenoxy) is 1. The second kappa shape index (κ2) is 18.2. The van der Waals surface area contributed by atoms with E-state index in [1.54, 1.807) is 38.1 Å². The molecule has 12 nitrogen and oxygen atoms in total. The molecule has 45 heavy (non-hydrogen) atoms. The molecule has 4 N–H and O–H groups in total. The first-order valence-electron chi connectivity index (χ1n) is 15.8. The van der Waals surface area contributed by atoms with Crippen molar-refractivity contribution in [2.45, 2.75) is 98.8 Å². The maximum atomic E-state index is 13.1. The van der Waals surface area contributed by atoms with Gasteiger partial charge in [-0.3, -0.25) is 33.7 Å². The fraction of sp³-hybridized carbons (Fsp3) is 0.636. The predicted octanol–water partition coefficient (Wildman–Crippen LogP) is 2.92. The zero-order valence-corrected chi connectivity index (χ0v) is 27.4. The molecule has 0 bridgehead atoms. The largest absolute Gasteiger partial charge is 0.461 e. The van der Waals surface area contributed by atoms with E-state index in [2.05, 4.69) is 16.0 Å². The lowest BCUT2D eigenvalue weighted by atomic mass is 9.94. The van der Waals surface area contributed by atoms with E-state index in [0.717, 1.165) is 5.56 Å². The van der Waals surface area contributed by atoms with Crippen molar-refractivity contribution in [3.8, 4) is 0 Å². The van der Waals surface area contributed by atoms with Crippen LogP contribution in [0.3, 0.4) is 0 Å². The quantitative estimate of drug-likeness (QED) is 0.109. The van der Waals surface area contributed by atoms with Crippen molar-refractivity contribution in [3.05, 3.63) is 29.8 Å². The average Bonchev–Trinajstić information content (AvgIpc) is 3.27. The van der Waals surface area contributed by atoms with E-state index in [1.165, 1.54) is 4.90 Å². The van der Waals surface area contributed by atoms with Crippen molar-refractivity contribution in [1.29, 1.82) is 0 Å². The molecular formula is C33H50N4O8. The van der Waals surface area contributed by atoms with Crippen LogP contribution in [0.5, 0.6) is 0 Å². The summed E-state index contributed by atoms with van der Waals surface area (Å²) in [7, 11) is 0. The predicted molar refractivity (Wildman–Crippen MR) is 168 cm³/mol. The van der Waals surface area contributed by atoms with Gasteiger partial charge in [0, 0.05) is 31.0 Å². The number of hydrogen-bond acceptors (Lipinski definition) is 8. The SMILES string of the molecule is CC(C)C[C@H](NC(=O)[C@H](CO)NC(=O)CCCCCN1C(=O)CC(C(C)C)C1=O)C(=O)Nc1ccc(COC(=O)C(C)C)cc1. The summed E-state index contributed by atoms with van der Waals surface area (Å²) in [5, 5.41) is 17.8. The third kappa shape index (κ3) is 12.3. The number of amides is 5. The molecule has 5 amide bonds. The molecule has 1 aliphatic heterocycles. The number of anilines is 1. The van der Waals surface area contributed by atoms with Crippen LogP contribution < -0.4 is 16.0 Å². The molecule has 0 spiro atoms. The Hall–Kier alpha value is -3.80. The van der Waals surface area contributed by atoms with Crippen molar-refractivity contribution in [2.24, 2.45) is 23.7 Å². The summed E-state index contributed by atoms with van der Waals surface area (Å²) in [5.41, 5.74) is 1.25. The van der Waals surface area contributed by atoms with Crippen LogP contribution in [0.1, 0.15) is 85.6 Å². The van der Waals surface area contributed by atoms with E-state index < -0.39 is 36.4 Å². The molecular weight excluding hydrogens is 580 g/mol. The van der Waals surface area contributed by atoms with Crippen LogP contribution >= 0.6 is 0 Å². The zero-order chi connectivity index (χ0) is 33.7. The highest BCUT2D eigenvalue weighted by Gasteiger charge is 2.39. The molecule has 0 radical (unpaired) electrons. The van der Waals surface area contributed by atoms with Crippen molar-refractivity contribution < 1.29 is 38.6 Å². The number of aliphatic hydroxyl groups is 1. The number of nitrogens with zero attached hydrogens (tertiary/aromatic N) is 1. The van der Waals surface area contributed by atoms with Crippen molar-refractivity contribution in [2.75, 3.05) is 18.5 Å². The molecule has 1 aromatic carbocycles. The smallest absolute Gasteiger partial charge is 0.308 e. The van der Waals surface area contributed by atoms with Crippen LogP contribution in [0.2, 0.25) is 0 Å². The molecule has 1 heterocycles. The van der Waals surface area contributed by atoms with Gasteiger partial charge in [0.1, 0.15) is 18.7 Å². The molecule has 1 aliphatic rings. The van der Waals surface area contributed by atoms with Gasteiger partial charge in [0.05, 0.1) is 12.5 Å². The summed E-state index contributed by atoms with van der Waals surface area (Å²) in [6.07, 6.45) is 2.32. The summed E-state index contributed by atoms with van der Waals surface area (Å²) >= 11 is 0. The Morgan fingerprint density at radius 1 is 0.911 bits per heavy atom. The molecule has 2 rings (SSSR count). The van der Waals surface area contributed by atoms with Gasteiger partial charge < -0.3 is 25.8 Å². The first-order valence-corrected chi connectivity index (χ1v) is 15.8. The van der Waals surface area contributed by atoms with Crippen molar-refractivity contribution >= 4 is 41.2 Å². The van der Waals surface area contributed by atoms with Crippen LogP contribution in [-0.2, 0) is 40.1 Å². The molecule has 250 valence electrons. The maximum absolute atomic E-state index is 13.1. The lowest BCUT2D eigenvalue weighted by molar-refractivity contribution is -0.148. The van der Waals surface area contributed by atoms with Gasteiger partial charge in [0.25, 0.3) is 0 Å². The Kier molecular flexibility index (Phi) is 15.2. The monoisotopic (exact) mass is 630 g/mol. The summed E-state index contributed by atoms with van der Waals surface area (Å²) in [6, 6.07) is 4.64. The van der Waals surface area contributed by atoms with Gasteiger partial charge in [-0.1, -0.05) is 60.1 Å². The number of esters is 1. The van der Waals surface area contributed by atoms with Gasteiger partial charge in [0.15, 0.2) is 0 Å². The average molecular weight is 631 g/mol. The highest BCUT2D eigenvalue weighted by molar-refractivity contribution is 6.03. The third-order valence-electron chi connectivity index (χ3n) is 7.62. The van der Waals surface area contributed by atoms with Gasteiger partial charge in [-0.25, -0.2) is 0 Å². The number of benzene rings is 1. The molecule has 12 heteroatoms. The molecule has 3 atom stereocenters. The van der Waals surface area contributed by atoms with Gasteiger partial charge >= 0.3 is 5.97 Å². The van der Waals surface area contributed by atoms with Crippen LogP contribution in [0.25, 0.3) is 0 Å². The normalized spacial score (nSPS) is 16.2. The number of aliphatic hydroxyl groups excluding tert-OH is 1. The topological polar surface area (TPSA) is 171 Å². The van der Waals surface area contributed by atoms with E-state index in [4.69, 9.17) is 4.74 Å². The Labute approximate surface area is 266 Å². The number of imide groups is 1. The minimum absolute atomic E-state index is 0.0589. The number of rotatable bonds is 18. The summed E-state index contributed by atoms with van der Waals surface area (Å²) < 4.78 is 5.22. The highest BCUT2D eigenvalue weighted by atomic mass is 16.5. The van der Waals surface area contributed by atoms with E-state index in [9.17, 15) is 33.9 Å². The van der Waals surface area contributed by atoms with Crippen LogP contribution in [0.4, 0.5) is 5.69 Å². The van der Waals surface area contributed by atoms with Crippen molar-refractivity contribution in [3.63, 3.8) is 0 Å². The minimum atomic E-state index is -1.24. The Bertz CT molecular complexity index is 1180. The summed E-state index contributed by atoms with van der Waals surface area (Å²) in [5.74, 6) is -2.48. The van der Waals surface area contributed by atoms with Gasteiger partial charge in [-0.15, -0.1) is 0 Å². The maximum Gasteiger partial charge on any atom is 0.308 e. The molecule has 0 saturated carbocycles. The number of carbonyl (C=O) groups excluding carboxylic acids is 6. The fourth-order valence-corrected chi connectivity index (χ4v) is 4.87. The first-order chi connectivity index (χ1) is 21.2. The Balaban J connectivity index is 1.83. The molecule has 1 saturated heterocycles. The molecule has 0 aromatic heterocycles. The number of carbonyl (C=O) groups is 6. The number of unbranched alkanes of at least 4 members (excludes halogenated alkanes) is 2. The van der Waals surface area contributed by atoms with Crippen LogP contribution in [0, 0.1) is 23.7 Å². The zero-order valence-electron chi connectivity index (χ0n) is 27.4. The van der Waals surface area contributed by atoms with Crippen molar-refractivity contribution in [1.82, 2.24) is 15.5 Å². The van der Waals surface area contributed by atoms with E-state index >= 15 is 0 Å². The van der Waals surface area contributed by atoms with E-state index in [0.29, 0.717) is 37.9 Å². The fourth-order valence-electron chi connectivity index (χ4n) is 4.87. The van der Waals surface area contributed by atoms with E-state index in [-0.39, 0.29) is 60.9 Å². The highest BCUT2D eigenvalue weighted by Crippen LogP contribution is 2.26. The second-order valence-electron chi connectivity index (χ2n) is 12.7. The minimum Gasteiger partial charge on any atom is -0.461 e. The third-order valence-corrected chi connectivity index (χ3v) is 7.62. The lowest BCUT2D eigenvalue weighted by Gasteiger charge is -2.23. The standard InChI is InChI=1S/C33H50N4O8/c1-20(2)16-26(30(41)34-24-13-11-23(12-14-24)19-45-33(44)22(5)6)36-31(42)27(18-38)35-28(39)10-8-7-9-15-37-29(40)17-25(21(3)4)32(37)43/h11-14,20-22,25-27,38H,7-10,15-19H2,1-6H3,(H,34,41)(H,35,39)(H,36,42)/t25?,26-,27-/m0/s1. The van der Waals surface area contributed by atoms with Crippen LogP contribution in [0.15, 0.2) is 24.3 Å². The van der Waals surface area contributed by atoms with E-state index in [1.807, 2.05) is 27.7 Å². The molecule has 1 fully saturated rings. The lowest BCUT2D eigenvalue weighted by Crippen LogP contribution is -2.54. The number of nitrogens with one attached hydrogen (secondary N) is 3. The summed E-state index contributed by atoms with van der Waals surface area (Å²) in [4.78, 5) is 76.2. The van der Waals surface area contributed by atoms with Crippen LogP contribution in [-0.4, -0.2) is 70.7 Å². The summed E-state index contributed by atoms with van der Waals surface area (Å²) in [6.45, 7) is 11.0. The van der Waals surface area contributed by atoms with Gasteiger partial charge in [0.2, 0.25) is 29.5 Å². The number of hydrogen-bond donors (Lipinski definition) is 4. The molecule has 0 aliphatic carbocycles. The molecule has 1 aromatic rings. The van der Waals surface area contributed by atoms with Gasteiger partial charge in [-0.05, 0) is 48.8 Å².